The summed E-state index contributed by atoms with van der Waals surface area (Å²) in [7, 11) is 0. The average molecular weight is 593 g/mol. The summed E-state index contributed by atoms with van der Waals surface area (Å²) in [5, 5.41) is 18.9. The Bertz CT molecular complexity index is 1700. The monoisotopic (exact) mass is 592 g/mol. The molecule has 4 bridgehead atoms. The first-order valence-electron chi connectivity index (χ1n) is 16.3. The molecule has 0 aromatic heterocycles. The summed E-state index contributed by atoms with van der Waals surface area (Å²) in [4.78, 5) is 0. The second-order valence-corrected chi connectivity index (χ2v) is 14.5. The Morgan fingerprint density at radius 2 is 1.09 bits per heavy atom. The quantitative estimate of drug-likeness (QED) is 0.191. The summed E-state index contributed by atoms with van der Waals surface area (Å²) in [6.45, 7) is 7.29. The molecule has 4 aromatic carbocycles. The summed E-state index contributed by atoms with van der Waals surface area (Å²) in [6.07, 6.45) is 12.1. The molecule has 4 nitrogen and oxygen atoms in total. The van der Waals surface area contributed by atoms with Crippen molar-refractivity contribution in [2.45, 2.75) is 76.5 Å². The Labute approximate surface area is 267 Å². The van der Waals surface area contributed by atoms with Gasteiger partial charge in [0.2, 0.25) is 0 Å². The maximum atomic E-state index is 9.47. The predicted octanol–water partition coefficient (Wildman–Crippen LogP) is 10.3. The molecule has 4 aromatic rings. The van der Waals surface area contributed by atoms with Crippen LogP contribution in [-0.4, -0.2) is 0 Å². The molecular weight excluding hydrogens is 552 g/mol. The van der Waals surface area contributed by atoms with Crippen molar-refractivity contribution in [2.24, 2.45) is 16.7 Å². The molecule has 4 fully saturated rings. The molecule has 0 saturated heterocycles. The van der Waals surface area contributed by atoms with E-state index in [1.807, 2.05) is 61.0 Å². The Hall–Kier alpha value is -4.54. The number of hydrogen-bond donors (Lipinski definition) is 0. The number of rotatable bonds is 8. The van der Waals surface area contributed by atoms with Gasteiger partial charge in [0.25, 0.3) is 12.5 Å². The first kappa shape index (κ1) is 29.2. The highest BCUT2D eigenvalue weighted by molar-refractivity contribution is 5.73. The lowest BCUT2D eigenvalue weighted by molar-refractivity contribution is -0.161. The molecule has 0 aliphatic heterocycles. The van der Waals surface area contributed by atoms with Gasteiger partial charge in [0.05, 0.1) is 0 Å². The van der Waals surface area contributed by atoms with Gasteiger partial charge >= 0.3 is 0 Å². The van der Waals surface area contributed by atoms with Crippen LogP contribution in [0.25, 0.3) is 22.3 Å². The SMILES string of the molecule is CCC12CC3(c4ccc(OC#N)c(-c5ccccc5)c4)CC(c4ccc(OC#N)c(-c5ccccc5)c4)(C1)CC(C(C)C)(C2)C3. The van der Waals surface area contributed by atoms with Crippen molar-refractivity contribution < 1.29 is 9.47 Å². The third-order valence-electron chi connectivity index (χ3n) is 11.9. The summed E-state index contributed by atoms with van der Waals surface area (Å²) < 4.78 is 11.0. The molecule has 226 valence electrons. The van der Waals surface area contributed by atoms with Crippen LogP contribution in [0.3, 0.4) is 0 Å². The van der Waals surface area contributed by atoms with Gasteiger partial charge < -0.3 is 9.47 Å². The van der Waals surface area contributed by atoms with E-state index in [4.69, 9.17) is 9.47 Å². The summed E-state index contributed by atoms with van der Waals surface area (Å²) >= 11 is 0. The van der Waals surface area contributed by atoms with Crippen LogP contribution >= 0.6 is 0 Å². The second-order valence-electron chi connectivity index (χ2n) is 14.5. The number of nitrogens with zero attached hydrogens (tertiary/aromatic N) is 2. The van der Waals surface area contributed by atoms with Crippen molar-refractivity contribution in [3.8, 4) is 46.3 Å². The van der Waals surface area contributed by atoms with E-state index in [-0.39, 0.29) is 21.7 Å². The molecule has 0 N–H and O–H groups in total. The smallest absolute Gasteiger partial charge is 0.292 e. The topological polar surface area (TPSA) is 66.0 Å². The molecule has 0 amide bonds. The van der Waals surface area contributed by atoms with Crippen molar-refractivity contribution in [3.63, 3.8) is 0 Å². The number of benzene rings is 4. The number of hydrogen-bond acceptors (Lipinski definition) is 4. The molecule has 0 radical (unpaired) electrons. The van der Waals surface area contributed by atoms with Gasteiger partial charge in [0.1, 0.15) is 11.5 Å². The van der Waals surface area contributed by atoms with Crippen LogP contribution in [-0.2, 0) is 10.8 Å². The van der Waals surface area contributed by atoms with E-state index in [2.05, 4.69) is 69.3 Å². The third kappa shape index (κ3) is 4.71. The van der Waals surface area contributed by atoms with Crippen LogP contribution in [0.4, 0.5) is 0 Å². The molecular formula is C41H40N2O2. The van der Waals surface area contributed by atoms with E-state index >= 15 is 0 Å². The van der Waals surface area contributed by atoms with Crippen molar-refractivity contribution in [1.29, 1.82) is 10.5 Å². The highest BCUT2D eigenvalue weighted by Crippen LogP contribution is 2.76. The van der Waals surface area contributed by atoms with E-state index in [0.29, 0.717) is 17.4 Å². The Kier molecular flexibility index (Phi) is 7.02. The molecule has 4 aliphatic rings. The zero-order valence-electron chi connectivity index (χ0n) is 26.5. The van der Waals surface area contributed by atoms with Gasteiger partial charge in [-0.25, -0.2) is 0 Å². The first-order chi connectivity index (χ1) is 21.8. The van der Waals surface area contributed by atoms with Gasteiger partial charge in [-0.05, 0) is 113 Å². The first-order valence-corrected chi connectivity index (χ1v) is 16.3. The van der Waals surface area contributed by atoms with Crippen LogP contribution in [0.15, 0.2) is 97.1 Å². The van der Waals surface area contributed by atoms with E-state index in [9.17, 15) is 10.5 Å². The van der Waals surface area contributed by atoms with Crippen molar-refractivity contribution in [1.82, 2.24) is 0 Å². The molecule has 2 atom stereocenters. The van der Waals surface area contributed by atoms with Crippen molar-refractivity contribution >= 4 is 0 Å². The zero-order valence-corrected chi connectivity index (χ0v) is 26.5. The van der Waals surface area contributed by atoms with Gasteiger partial charge in [0, 0.05) is 11.1 Å². The minimum Gasteiger partial charge on any atom is -0.387 e. The van der Waals surface area contributed by atoms with E-state index in [1.165, 1.54) is 43.2 Å². The van der Waals surface area contributed by atoms with Crippen LogP contribution in [0.5, 0.6) is 11.5 Å². The summed E-state index contributed by atoms with van der Waals surface area (Å²) in [6, 6.07) is 33.8. The fraction of sp³-hybridized carbons (Fsp3) is 0.366. The molecule has 4 saturated carbocycles. The third-order valence-corrected chi connectivity index (χ3v) is 11.9. The van der Waals surface area contributed by atoms with Gasteiger partial charge in [-0.2, -0.15) is 0 Å². The highest BCUT2D eigenvalue weighted by Gasteiger charge is 2.68. The Balaban J connectivity index is 1.43. The summed E-state index contributed by atoms with van der Waals surface area (Å²) in [5.74, 6) is 1.76. The fourth-order valence-corrected chi connectivity index (χ4v) is 10.2. The molecule has 0 spiro atoms. The van der Waals surface area contributed by atoms with Crippen LogP contribution in [0.2, 0.25) is 0 Å². The Morgan fingerprint density at radius 1 is 0.622 bits per heavy atom. The predicted molar refractivity (Wildman–Crippen MR) is 177 cm³/mol. The van der Waals surface area contributed by atoms with Crippen LogP contribution in [0.1, 0.15) is 76.8 Å². The number of nitriles is 2. The maximum Gasteiger partial charge on any atom is 0.292 e. The largest absolute Gasteiger partial charge is 0.387 e. The number of ether oxygens (including phenoxy) is 2. The van der Waals surface area contributed by atoms with E-state index in [0.717, 1.165) is 35.1 Å². The lowest BCUT2D eigenvalue weighted by Gasteiger charge is -2.72. The standard InChI is InChI=1S/C41H40N2O2/c1-4-38-21-39(29(2)3)24-40(22-38,32-15-17-36(44-27-42)34(19-32)30-11-7-5-8-12-30)26-41(23-38,25-39)33-16-18-37(45-28-43)35(20-33)31-13-9-6-10-14-31/h5-20,29H,4,21-26H2,1-3H3. The molecule has 2 unspecified atom stereocenters. The minimum atomic E-state index is -0.00152. The normalized spacial score (nSPS) is 28.0. The highest BCUT2D eigenvalue weighted by atomic mass is 16.5. The lowest BCUT2D eigenvalue weighted by atomic mass is 9.32. The fourth-order valence-electron chi connectivity index (χ4n) is 10.2. The molecule has 4 heteroatoms. The lowest BCUT2D eigenvalue weighted by Crippen LogP contribution is -2.65. The maximum absolute atomic E-state index is 9.47. The summed E-state index contributed by atoms with van der Waals surface area (Å²) in [5.41, 5.74) is 7.27. The van der Waals surface area contributed by atoms with Gasteiger partial charge in [-0.15, -0.1) is 10.5 Å². The van der Waals surface area contributed by atoms with E-state index in [1.54, 1.807) is 0 Å². The Morgan fingerprint density at radius 3 is 1.49 bits per heavy atom. The average Bonchev–Trinajstić information content (AvgIpc) is 3.05. The molecule has 45 heavy (non-hydrogen) atoms. The van der Waals surface area contributed by atoms with Crippen molar-refractivity contribution in [2.75, 3.05) is 0 Å². The zero-order chi connectivity index (χ0) is 31.3. The van der Waals surface area contributed by atoms with Gasteiger partial charge in [-0.1, -0.05) is 100.0 Å². The van der Waals surface area contributed by atoms with Crippen LogP contribution in [0, 0.1) is 39.8 Å². The minimum absolute atomic E-state index is 0.00152. The molecule has 0 heterocycles. The van der Waals surface area contributed by atoms with E-state index < -0.39 is 0 Å². The molecule has 8 rings (SSSR count). The molecule has 4 aliphatic carbocycles. The van der Waals surface area contributed by atoms with Gasteiger partial charge in [-0.3, -0.25) is 0 Å². The van der Waals surface area contributed by atoms with Crippen LogP contribution < -0.4 is 9.47 Å². The van der Waals surface area contributed by atoms with Gasteiger partial charge in [0.15, 0.2) is 0 Å². The van der Waals surface area contributed by atoms with Crippen molar-refractivity contribution in [3.05, 3.63) is 108 Å². The second kappa shape index (κ2) is 10.8.